The van der Waals surface area contributed by atoms with Gasteiger partial charge in [-0.05, 0) is 123 Å². The van der Waals surface area contributed by atoms with Crippen molar-refractivity contribution in [3.63, 3.8) is 0 Å². The molecule has 1 heterocycles. The zero-order valence-electron chi connectivity index (χ0n) is 49.9. The van der Waals surface area contributed by atoms with Gasteiger partial charge in [-0.3, -0.25) is 0 Å². The number of nitrogens with zero attached hydrogens (tertiary/aromatic N) is 2. The van der Waals surface area contributed by atoms with Crippen LogP contribution in [0, 0.1) is 13.8 Å². The van der Waals surface area contributed by atoms with Crippen LogP contribution in [-0.4, -0.2) is 4.70 Å². The van der Waals surface area contributed by atoms with Gasteiger partial charge in [0.25, 0.3) is 0 Å². The molecule has 1 aliphatic rings. The third-order valence-electron chi connectivity index (χ3n) is 14.7. The van der Waals surface area contributed by atoms with Gasteiger partial charge < -0.3 is 5.53 Å². The Morgan fingerprint density at radius 3 is 1.03 bits per heavy atom. The minimum atomic E-state index is 0.882. The molecule has 0 unspecified atom stereocenters. The molecule has 3 heteroatoms. The van der Waals surface area contributed by atoms with E-state index in [1.807, 2.05) is 0 Å². The third-order valence-corrected chi connectivity index (χ3v) is 15.9. The molecule has 0 aliphatic carbocycles. The summed E-state index contributed by atoms with van der Waals surface area (Å²) in [5.41, 5.74) is 25.1. The molecule has 0 amide bonds. The van der Waals surface area contributed by atoms with E-state index in [2.05, 4.69) is 188 Å². The first-order chi connectivity index (χ1) is 37.8. The van der Waals surface area contributed by atoms with Crippen molar-refractivity contribution < 1.29 is 19.1 Å². The van der Waals surface area contributed by atoms with Gasteiger partial charge in [0, 0.05) is 22.8 Å². The van der Waals surface area contributed by atoms with Gasteiger partial charge in [-0.2, -0.15) is 0 Å². The second-order valence-corrected chi connectivity index (χ2v) is 23.4. The van der Waals surface area contributed by atoms with Gasteiger partial charge in [0.15, 0.2) is 0 Å². The van der Waals surface area contributed by atoms with Crippen LogP contribution in [0.25, 0.3) is 41.2 Å². The molecule has 0 saturated carbocycles. The second-order valence-electron chi connectivity index (χ2n) is 22.0. The summed E-state index contributed by atoms with van der Waals surface area (Å²) in [6.07, 6.45) is 60.3. The summed E-state index contributed by atoms with van der Waals surface area (Å²) in [5.74, 6) is 0. The molecule has 422 valence electrons. The Balaban J connectivity index is 0.000000724. The number of unbranched alkanes of at least 4 members (excludes halogenated alkanes) is 25. The van der Waals surface area contributed by atoms with Gasteiger partial charge in [0.1, 0.15) is 0 Å². The quantitative estimate of drug-likeness (QED) is 0.0242. The average molecular weight is 1080 g/mol. The fourth-order valence-electron chi connectivity index (χ4n) is 9.95. The molecule has 4 aromatic rings. The van der Waals surface area contributed by atoms with Gasteiger partial charge in [-0.25, -0.2) is 4.70 Å². The number of hydrogen-bond donors (Lipinski definition) is 0. The minimum absolute atomic E-state index is 0.882. The summed E-state index contributed by atoms with van der Waals surface area (Å²) in [5, 5.41) is 0. The van der Waals surface area contributed by atoms with E-state index in [-0.39, 0.29) is 0 Å². The van der Waals surface area contributed by atoms with Crippen LogP contribution in [0.1, 0.15) is 278 Å². The molecule has 0 radical (unpaired) electrons. The van der Waals surface area contributed by atoms with Gasteiger partial charge >= 0.3 is 97.0 Å². The molecule has 0 atom stereocenters. The van der Waals surface area contributed by atoms with E-state index in [1.165, 1.54) is 207 Å². The van der Waals surface area contributed by atoms with Crippen molar-refractivity contribution in [2.45, 2.75) is 248 Å². The monoisotopic (exact) mass is 1080 g/mol. The normalized spacial score (nSPS) is 12.9. The van der Waals surface area contributed by atoms with Gasteiger partial charge in [-0.15, -0.1) is 0 Å². The van der Waals surface area contributed by atoms with Crippen molar-refractivity contribution >= 4 is 44.8 Å². The molecule has 0 fully saturated rings. The fraction of sp³-hybridized carbons (Fsp3) is 0.514. The molecule has 4 aromatic carbocycles. The van der Waals surface area contributed by atoms with E-state index < -0.39 is 0 Å². The molecule has 0 N–H and O–H groups in total. The van der Waals surface area contributed by atoms with E-state index in [1.54, 1.807) is 14.4 Å². The van der Waals surface area contributed by atoms with Gasteiger partial charge in [0.05, 0.1) is 0 Å². The molecule has 0 saturated heterocycles. The predicted molar refractivity (Wildman–Crippen MR) is 341 cm³/mol. The van der Waals surface area contributed by atoms with E-state index in [4.69, 9.17) is 0 Å². The van der Waals surface area contributed by atoms with Crippen LogP contribution < -0.4 is 9.07 Å². The molecular weight excluding hydrogens is 976 g/mol. The molecular formula is C74H106N2Ni. The Hall–Kier alpha value is -4.59. The number of aryl methyl sites for hydroxylation is 2. The summed E-state index contributed by atoms with van der Waals surface area (Å²) in [4.78, 5) is 0. The standard InChI is InChI=1S/C60H92N2.2C7H7.Ni/c1-6-11-16-20-24-28-32-36-40-52-45-53(41-37-33-29-25-21-17-12-7-2)48-57(47-52)59-51-56(44-15-10-5)60(62(59)61)58-49-54(42-38-34-30-26-22-18-13-8-3)46-55(50-58)43-39-35-31-27-23-19-14-9-4;2*1-7-5-3-2-4-6-7;/h36-43,45-51H,6-35,44H2,1-5H3;2*3-6H,1H3;. The van der Waals surface area contributed by atoms with Crippen molar-refractivity contribution in [2.24, 2.45) is 0 Å². The van der Waals surface area contributed by atoms with Crippen molar-refractivity contribution in [1.82, 2.24) is 0 Å². The van der Waals surface area contributed by atoms with Crippen LogP contribution in [0.15, 0.2) is 121 Å². The Labute approximate surface area is 479 Å². The first-order valence-corrected chi connectivity index (χ1v) is 32.4. The van der Waals surface area contributed by atoms with Crippen molar-refractivity contribution in [3.05, 3.63) is 171 Å². The zero-order valence-corrected chi connectivity index (χ0v) is 50.9. The third kappa shape index (κ3) is 27.7. The van der Waals surface area contributed by atoms with Crippen LogP contribution in [0.2, 0.25) is 0 Å². The van der Waals surface area contributed by atoms with Crippen molar-refractivity contribution in [2.75, 3.05) is 0 Å². The van der Waals surface area contributed by atoms with Crippen LogP contribution >= 0.6 is 0 Å². The van der Waals surface area contributed by atoms with Crippen LogP contribution in [0.3, 0.4) is 0 Å². The number of benzene rings is 4. The van der Waals surface area contributed by atoms with Gasteiger partial charge in [-0.1, -0.05) is 218 Å². The molecule has 0 aromatic heterocycles. The summed E-state index contributed by atoms with van der Waals surface area (Å²) in [6.45, 7) is 15.6. The molecule has 0 bridgehead atoms. The maximum absolute atomic E-state index is 12.4. The topological polar surface area (TPSA) is 25.3 Å². The Kier molecular flexibility index (Phi) is 35.0. The molecule has 5 rings (SSSR count). The summed E-state index contributed by atoms with van der Waals surface area (Å²) >= 11 is 1.61. The molecule has 1 aliphatic heterocycles. The van der Waals surface area contributed by atoms with Crippen LogP contribution in [0.4, 0.5) is 0 Å². The maximum atomic E-state index is 12.4. The average Bonchev–Trinajstić information content (AvgIpc) is 3.77. The van der Waals surface area contributed by atoms with E-state index >= 15 is 0 Å². The zero-order chi connectivity index (χ0) is 55.0. The summed E-state index contributed by atoms with van der Waals surface area (Å²) in [6, 6.07) is 31.2. The molecule has 2 nitrogen and oxygen atoms in total. The number of allylic oxidation sites excluding steroid dienone is 6. The van der Waals surface area contributed by atoms with E-state index in [9.17, 15) is 5.53 Å². The first kappa shape index (κ1) is 64.9. The number of rotatable bonds is 39. The first-order valence-electron chi connectivity index (χ1n) is 31.4. The van der Waals surface area contributed by atoms with E-state index in [0.717, 1.165) is 67.5 Å². The second kappa shape index (κ2) is 41.5. The van der Waals surface area contributed by atoms with Crippen molar-refractivity contribution in [3.8, 4) is 0 Å². The fourth-order valence-corrected chi connectivity index (χ4v) is 10.9. The summed E-state index contributed by atoms with van der Waals surface area (Å²) in [7, 11) is 0. The SMILES string of the molecule is CCCCCCCCC=Cc1cc(C=CCCCCCCCC)cc(C2=CC(CCCC)=C(c3cc(C=CCCCCCCCC)cc(C=CCCCCCCCC)c3)[N+]2=[N-])c1.Cc1cc[c]([Ni][c]2ccc(C)cc2)cc1. The van der Waals surface area contributed by atoms with Crippen LogP contribution in [-0.2, 0) is 14.4 Å². The Morgan fingerprint density at radius 2 is 0.688 bits per heavy atom. The number of hydrogen-bond acceptors (Lipinski definition) is 0. The Morgan fingerprint density at radius 1 is 0.377 bits per heavy atom. The molecule has 77 heavy (non-hydrogen) atoms. The van der Waals surface area contributed by atoms with Crippen LogP contribution in [0.5, 0.6) is 0 Å². The molecule has 0 spiro atoms. The van der Waals surface area contributed by atoms with Crippen molar-refractivity contribution in [1.29, 1.82) is 0 Å². The van der Waals surface area contributed by atoms with E-state index in [0.29, 0.717) is 0 Å². The van der Waals surface area contributed by atoms with Gasteiger partial charge in [0.2, 0.25) is 11.4 Å². The predicted octanol–water partition coefficient (Wildman–Crippen LogP) is 23.1. The summed E-state index contributed by atoms with van der Waals surface area (Å²) < 4.78 is 4.16. The Bertz CT molecular complexity index is 2270.